The van der Waals surface area contributed by atoms with Crippen LogP contribution < -0.4 is 0 Å². The predicted octanol–water partition coefficient (Wildman–Crippen LogP) is 3.01. The highest BCUT2D eigenvalue weighted by atomic mass is 16.1. The van der Waals surface area contributed by atoms with Crippen molar-refractivity contribution in [3.8, 4) is 0 Å². The smallest absolute Gasteiger partial charge is 0.149 e. The van der Waals surface area contributed by atoms with Crippen molar-refractivity contribution >= 4 is 5.78 Å². The van der Waals surface area contributed by atoms with E-state index in [0.717, 1.165) is 13.1 Å². The van der Waals surface area contributed by atoms with Crippen LogP contribution in [0.5, 0.6) is 0 Å². The summed E-state index contributed by atoms with van der Waals surface area (Å²) in [6, 6.07) is 0.156. The average Bonchev–Trinajstić information content (AvgIpc) is 2.77. The molecule has 0 aromatic heterocycles. The van der Waals surface area contributed by atoms with Gasteiger partial charge in [-0.1, -0.05) is 19.8 Å². The summed E-state index contributed by atoms with van der Waals surface area (Å²) in [6.07, 6.45) is 9.09. The molecule has 2 fully saturated rings. The van der Waals surface area contributed by atoms with Crippen LogP contribution in [0.3, 0.4) is 0 Å². The Labute approximate surface area is 99.4 Å². The highest BCUT2D eigenvalue weighted by Gasteiger charge is 2.38. The Bertz CT molecular complexity index is 245. The van der Waals surface area contributed by atoms with Crippen LogP contribution in [0, 0.1) is 5.41 Å². The zero-order valence-electron chi connectivity index (χ0n) is 10.8. The van der Waals surface area contributed by atoms with Crippen LogP contribution in [-0.4, -0.2) is 29.8 Å². The van der Waals surface area contributed by atoms with Crippen LogP contribution in [0.15, 0.2) is 0 Å². The lowest BCUT2D eigenvalue weighted by molar-refractivity contribution is -0.124. The van der Waals surface area contributed by atoms with Crippen LogP contribution in [0.1, 0.15) is 58.8 Å². The number of nitrogens with zero attached hydrogens (tertiary/aromatic N) is 1. The molecule has 0 aromatic carbocycles. The van der Waals surface area contributed by atoms with Gasteiger partial charge in [0.1, 0.15) is 5.78 Å². The van der Waals surface area contributed by atoms with Crippen LogP contribution in [0.25, 0.3) is 0 Å². The molecule has 1 saturated carbocycles. The molecule has 0 bridgehead atoms. The summed E-state index contributed by atoms with van der Waals surface area (Å²) in [5.41, 5.74) is 0.672. The van der Waals surface area contributed by atoms with Crippen molar-refractivity contribution in [2.24, 2.45) is 5.41 Å². The van der Waals surface area contributed by atoms with Crippen molar-refractivity contribution in [1.82, 2.24) is 4.90 Å². The molecule has 92 valence electrons. The van der Waals surface area contributed by atoms with E-state index in [1.807, 2.05) is 6.92 Å². The molecule has 16 heavy (non-hydrogen) atoms. The number of rotatable bonds is 3. The number of hydrogen-bond acceptors (Lipinski definition) is 2. The van der Waals surface area contributed by atoms with E-state index in [0.29, 0.717) is 17.6 Å². The minimum atomic E-state index is 0.156. The fourth-order valence-electron chi connectivity index (χ4n) is 3.51. The van der Waals surface area contributed by atoms with Gasteiger partial charge in [0.05, 0.1) is 6.04 Å². The second kappa shape index (κ2) is 4.87. The second-order valence-electron chi connectivity index (χ2n) is 5.74. The van der Waals surface area contributed by atoms with E-state index in [4.69, 9.17) is 0 Å². The number of hydrogen-bond donors (Lipinski definition) is 0. The van der Waals surface area contributed by atoms with Gasteiger partial charge in [-0.05, 0) is 51.1 Å². The lowest BCUT2D eigenvalue weighted by Crippen LogP contribution is -2.46. The molecule has 1 heterocycles. The fraction of sp³-hybridized carbons (Fsp3) is 0.929. The largest absolute Gasteiger partial charge is 0.298 e. The standard InChI is InChI=1S/C14H25NO/c1-3-13(16)12(2)15-10-8-14(9-11-15)6-4-5-7-14/h12H,3-11H2,1-2H3. The Kier molecular flexibility index (Phi) is 3.68. The summed E-state index contributed by atoms with van der Waals surface area (Å²) in [7, 11) is 0. The van der Waals surface area contributed by atoms with Gasteiger partial charge in [-0.15, -0.1) is 0 Å². The molecule has 0 N–H and O–H groups in total. The summed E-state index contributed by atoms with van der Waals surface area (Å²) < 4.78 is 0. The molecule has 0 aromatic rings. The van der Waals surface area contributed by atoms with Gasteiger partial charge in [0, 0.05) is 6.42 Å². The van der Waals surface area contributed by atoms with Gasteiger partial charge in [0.15, 0.2) is 0 Å². The van der Waals surface area contributed by atoms with E-state index in [1.165, 1.54) is 38.5 Å². The number of Topliss-reactive ketones (excluding diaryl/α,β-unsaturated/α-hetero) is 1. The van der Waals surface area contributed by atoms with Crippen molar-refractivity contribution < 1.29 is 4.79 Å². The van der Waals surface area contributed by atoms with E-state index in [1.54, 1.807) is 0 Å². The summed E-state index contributed by atoms with van der Waals surface area (Å²) >= 11 is 0. The van der Waals surface area contributed by atoms with Gasteiger partial charge in [0.25, 0.3) is 0 Å². The quantitative estimate of drug-likeness (QED) is 0.733. The fourth-order valence-corrected chi connectivity index (χ4v) is 3.51. The van der Waals surface area contributed by atoms with E-state index in [-0.39, 0.29) is 6.04 Å². The molecular formula is C14H25NO. The van der Waals surface area contributed by atoms with Crippen molar-refractivity contribution in [2.75, 3.05) is 13.1 Å². The molecule has 1 atom stereocenters. The monoisotopic (exact) mass is 223 g/mol. The first-order valence-electron chi connectivity index (χ1n) is 6.94. The first kappa shape index (κ1) is 12.1. The molecule has 2 rings (SSSR count). The van der Waals surface area contributed by atoms with Crippen LogP contribution in [-0.2, 0) is 4.79 Å². The van der Waals surface area contributed by atoms with Gasteiger partial charge in [-0.2, -0.15) is 0 Å². The minimum Gasteiger partial charge on any atom is -0.298 e. The first-order chi connectivity index (χ1) is 7.67. The third-order valence-corrected chi connectivity index (χ3v) is 4.89. The molecular weight excluding hydrogens is 198 g/mol. The van der Waals surface area contributed by atoms with E-state index in [9.17, 15) is 4.79 Å². The van der Waals surface area contributed by atoms with E-state index < -0.39 is 0 Å². The van der Waals surface area contributed by atoms with Crippen LogP contribution in [0.2, 0.25) is 0 Å². The van der Waals surface area contributed by atoms with Gasteiger partial charge in [0.2, 0.25) is 0 Å². The molecule has 1 aliphatic heterocycles. The minimum absolute atomic E-state index is 0.156. The Hall–Kier alpha value is -0.370. The third kappa shape index (κ3) is 2.32. The maximum atomic E-state index is 11.7. The maximum Gasteiger partial charge on any atom is 0.149 e. The zero-order valence-corrected chi connectivity index (χ0v) is 10.8. The highest BCUT2D eigenvalue weighted by molar-refractivity contribution is 5.83. The lowest BCUT2D eigenvalue weighted by Gasteiger charge is -2.41. The lowest BCUT2D eigenvalue weighted by atomic mass is 9.76. The number of carbonyl (C=O) groups is 1. The second-order valence-corrected chi connectivity index (χ2v) is 5.74. The predicted molar refractivity (Wildman–Crippen MR) is 66.5 cm³/mol. The number of ketones is 1. The molecule has 1 spiro atoms. The topological polar surface area (TPSA) is 20.3 Å². The van der Waals surface area contributed by atoms with E-state index in [2.05, 4.69) is 11.8 Å². The van der Waals surface area contributed by atoms with Gasteiger partial charge < -0.3 is 0 Å². The maximum absolute atomic E-state index is 11.7. The molecule has 2 heteroatoms. The molecule has 0 radical (unpaired) electrons. The third-order valence-electron chi connectivity index (χ3n) is 4.89. The summed E-state index contributed by atoms with van der Waals surface area (Å²) in [4.78, 5) is 14.1. The van der Waals surface area contributed by atoms with Gasteiger partial charge in [-0.3, -0.25) is 9.69 Å². The van der Waals surface area contributed by atoms with E-state index >= 15 is 0 Å². The molecule has 1 aliphatic carbocycles. The normalized spacial score (nSPS) is 27.1. The first-order valence-corrected chi connectivity index (χ1v) is 6.94. The van der Waals surface area contributed by atoms with Crippen molar-refractivity contribution in [3.05, 3.63) is 0 Å². The van der Waals surface area contributed by atoms with Gasteiger partial charge in [-0.25, -0.2) is 0 Å². The SMILES string of the molecule is CCC(=O)C(C)N1CCC2(CCCC2)CC1. The molecule has 2 aliphatic rings. The Balaban J connectivity index is 1.87. The number of likely N-dealkylation sites (tertiary alicyclic amines) is 1. The summed E-state index contributed by atoms with van der Waals surface area (Å²) in [5.74, 6) is 0.405. The van der Waals surface area contributed by atoms with Crippen molar-refractivity contribution in [3.63, 3.8) is 0 Å². The molecule has 1 unspecified atom stereocenters. The molecule has 1 saturated heterocycles. The average molecular weight is 223 g/mol. The van der Waals surface area contributed by atoms with Gasteiger partial charge >= 0.3 is 0 Å². The summed E-state index contributed by atoms with van der Waals surface area (Å²) in [5, 5.41) is 0. The van der Waals surface area contributed by atoms with Crippen molar-refractivity contribution in [1.29, 1.82) is 0 Å². The number of carbonyl (C=O) groups excluding carboxylic acids is 1. The summed E-state index contributed by atoms with van der Waals surface area (Å²) in [6.45, 7) is 6.35. The Morgan fingerprint density at radius 1 is 1.19 bits per heavy atom. The zero-order chi connectivity index (χ0) is 11.6. The molecule has 0 amide bonds. The van der Waals surface area contributed by atoms with Crippen molar-refractivity contribution in [2.45, 2.75) is 64.8 Å². The van der Waals surface area contributed by atoms with Crippen LogP contribution in [0.4, 0.5) is 0 Å². The number of piperidine rings is 1. The Morgan fingerprint density at radius 3 is 2.25 bits per heavy atom. The Morgan fingerprint density at radius 2 is 1.75 bits per heavy atom. The van der Waals surface area contributed by atoms with Crippen LogP contribution >= 0.6 is 0 Å². The highest BCUT2D eigenvalue weighted by Crippen LogP contribution is 2.46. The molecule has 2 nitrogen and oxygen atoms in total.